The summed E-state index contributed by atoms with van der Waals surface area (Å²) < 4.78 is 6.97. The molecule has 1 amide bonds. The highest BCUT2D eigenvalue weighted by molar-refractivity contribution is 5.77. The van der Waals surface area contributed by atoms with Crippen molar-refractivity contribution in [2.75, 3.05) is 33.4 Å². The minimum atomic E-state index is -0.0506. The number of hydrogen-bond donors (Lipinski definition) is 1. The zero-order valence-corrected chi connectivity index (χ0v) is 13.3. The molecule has 1 N–H and O–H groups in total. The molecule has 0 bridgehead atoms. The number of hydrogen-bond acceptors (Lipinski definition) is 4. The summed E-state index contributed by atoms with van der Waals surface area (Å²) >= 11 is 0. The van der Waals surface area contributed by atoms with Crippen molar-refractivity contribution in [1.82, 2.24) is 20.0 Å². The summed E-state index contributed by atoms with van der Waals surface area (Å²) in [6.07, 6.45) is 6.95. The SMILES string of the molecule is COCC(=O)NCC[C@@H]1CN(CC2CCC2)Cc2ccnn21. The monoisotopic (exact) mass is 306 g/mol. The number of nitrogens with one attached hydrogen (secondary N) is 1. The normalized spacial score (nSPS) is 22.1. The second-order valence-corrected chi connectivity index (χ2v) is 6.48. The van der Waals surface area contributed by atoms with Crippen LogP contribution < -0.4 is 5.32 Å². The number of amides is 1. The molecule has 6 heteroatoms. The fourth-order valence-corrected chi connectivity index (χ4v) is 3.42. The van der Waals surface area contributed by atoms with E-state index in [0.717, 1.165) is 25.4 Å². The second-order valence-electron chi connectivity index (χ2n) is 6.48. The van der Waals surface area contributed by atoms with Gasteiger partial charge in [0.15, 0.2) is 0 Å². The smallest absolute Gasteiger partial charge is 0.245 e. The average molecular weight is 306 g/mol. The van der Waals surface area contributed by atoms with Crippen LogP contribution in [0, 0.1) is 5.92 Å². The topological polar surface area (TPSA) is 59.4 Å². The van der Waals surface area contributed by atoms with Crippen molar-refractivity contribution in [3.05, 3.63) is 18.0 Å². The van der Waals surface area contributed by atoms with E-state index in [0.29, 0.717) is 12.6 Å². The summed E-state index contributed by atoms with van der Waals surface area (Å²) in [5, 5.41) is 7.38. The molecule has 1 aromatic rings. The summed E-state index contributed by atoms with van der Waals surface area (Å²) in [5.41, 5.74) is 1.29. The maximum atomic E-state index is 11.5. The van der Waals surface area contributed by atoms with Crippen LogP contribution in [0.15, 0.2) is 12.3 Å². The number of aromatic nitrogens is 2. The molecule has 0 saturated heterocycles. The number of methoxy groups -OCH3 is 1. The van der Waals surface area contributed by atoms with Gasteiger partial charge in [-0.2, -0.15) is 5.10 Å². The first-order valence-electron chi connectivity index (χ1n) is 8.26. The number of fused-ring (bicyclic) bond motifs is 1. The lowest BCUT2D eigenvalue weighted by atomic mass is 9.85. The standard InChI is InChI=1S/C16H26N4O2/c1-22-12-16(21)17-7-5-14-10-19(9-13-3-2-4-13)11-15-6-8-18-20(14)15/h6,8,13-14H,2-5,7,9-12H2,1H3,(H,17,21)/t14-/m1/s1. The van der Waals surface area contributed by atoms with Gasteiger partial charge >= 0.3 is 0 Å². The Morgan fingerprint density at radius 2 is 2.36 bits per heavy atom. The van der Waals surface area contributed by atoms with Gasteiger partial charge in [0.25, 0.3) is 0 Å². The molecular weight excluding hydrogens is 280 g/mol. The molecule has 22 heavy (non-hydrogen) atoms. The van der Waals surface area contributed by atoms with Crippen LogP contribution >= 0.6 is 0 Å². The van der Waals surface area contributed by atoms with Crippen molar-refractivity contribution in [3.63, 3.8) is 0 Å². The van der Waals surface area contributed by atoms with Crippen LogP contribution in [0.25, 0.3) is 0 Å². The highest BCUT2D eigenvalue weighted by Crippen LogP contribution is 2.30. The molecule has 1 saturated carbocycles. The first-order valence-corrected chi connectivity index (χ1v) is 8.26. The molecule has 1 aliphatic heterocycles. The Bertz CT molecular complexity index is 498. The predicted molar refractivity (Wildman–Crippen MR) is 83.4 cm³/mol. The Morgan fingerprint density at radius 1 is 1.50 bits per heavy atom. The third-order valence-corrected chi connectivity index (χ3v) is 4.77. The van der Waals surface area contributed by atoms with Crippen LogP contribution in [-0.2, 0) is 16.1 Å². The minimum Gasteiger partial charge on any atom is -0.375 e. The molecule has 0 unspecified atom stereocenters. The summed E-state index contributed by atoms with van der Waals surface area (Å²) in [7, 11) is 1.54. The molecule has 1 atom stereocenters. The molecule has 2 aliphatic rings. The van der Waals surface area contributed by atoms with E-state index in [1.165, 1.54) is 38.6 Å². The van der Waals surface area contributed by atoms with Gasteiger partial charge in [0.2, 0.25) is 5.91 Å². The molecule has 6 nitrogen and oxygen atoms in total. The molecule has 2 heterocycles. The number of carbonyl (C=O) groups is 1. The van der Waals surface area contributed by atoms with E-state index in [2.05, 4.69) is 26.1 Å². The van der Waals surface area contributed by atoms with Crippen LogP contribution in [0.1, 0.15) is 37.4 Å². The van der Waals surface area contributed by atoms with Crippen molar-refractivity contribution in [1.29, 1.82) is 0 Å². The Hall–Kier alpha value is -1.40. The Kier molecular flexibility index (Phi) is 5.10. The lowest BCUT2D eigenvalue weighted by molar-refractivity contribution is -0.124. The van der Waals surface area contributed by atoms with Crippen molar-refractivity contribution in [2.45, 2.75) is 38.3 Å². The molecule has 1 fully saturated rings. The van der Waals surface area contributed by atoms with E-state index in [-0.39, 0.29) is 12.5 Å². The second kappa shape index (κ2) is 7.24. The Morgan fingerprint density at radius 3 is 3.09 bits per heavy atom. The van der Waals surface area contributed by atoms with Crippen molar-refractivity contribution in [2.24, 2.45) is 5.92 Å². The number of ether oxygens (including phenoxy) is 1. The van der Waals surface area contributed by atoms with Gasteiger partial charge in [-0.3, -0.25) is 14.4 Å². The van der Waals surface area contributed by atoms with E-state index >= 15 is 0 Å². The van der Waals surface area contributed by atoms with E-state index in [1.54, 1.807) is 0 Å². The number of nitrogens with zero attached hydrogens (tertiary/aromatic N) is 3. The van der Waals surface area contributed by atoms with Crippen molar-refractivity contribution < 1.29 is 9.53 Å². The number of rotatable bonds is 7. The largest absolute Gasteiger partial charge is 0.375 e. The Labute approximate surface area is 131 Å². The van der Waals surface area contributed by atoms with Crippen LogP contribution in [0.2, 0.25) is 0 Å². The molecule has 0 aromatic carbocycles. The van der Waals surface area contributed by atoms with Gasteiger partial charge in [0.1, 0.15) is 6.61 Å². The van der Waals surface area contributed by atoms with Gasteiger partial charge in [-0.1, -0.05) is 6.42 Å². The molecule has 0 spiro atoms. The third-order valence-electron chi connectivity index (χ3n) is 4.77. The van der Waals surface area contributed by atoms with E-state index < -0.39 is 0 Å². The van der Waals surface area contributed by atoms with Gasteiger partial charge in [0, 0.05) is 39.5 Å². The quantitative estimate of drug-likeness (QED) is 0.822. The molecule has 1 aliphatic carbocycles. The molecule has 122 valence electrons. The highest BCUT2D eigenvalue weighted by Gasteiger charge is 2.28. The molecule has 0 radical (unpaired) electrons. The maximum absolute atomic E-state index is 11.5. The summed E-state index contributed by atoms with van der Waals surface area (Å²) in [5.74, 6) is 0.835. The van der Waals surface area contributed by atoms with Crippen LogP contribution in [0.3, 0.4) is 0 Å². The minimum absolute atomic E-state index is 0.0506. The lowest BCUT2D eigenvalue weighted by Crippen LogP contribution is -2.42. The van der Waals surface area contributed by atoms with Gasteiger partial charge in [-0.15, -0.1) is 0 Å². The zero-order valence-electron chi connectivity index (χ0n) is 13.3. The fourth-order valence-electron chi connectivity index (χ4n) is 3.42. The average Bonchev–Trinajstić information content (AvgIpc) is 2.91. The first-order chi connectivity index (χ1) is 10.8. The predicted octanol–water partition coefficient (Wildman–Crippen LogP) is 1.19. The van der Waals surface area contributed by atoms with E-state index in [9.17, 15) is 4.79 Å². The van der Waals surface area contributed by atoms with Crippen LogP contribution in [0.5, 0.6) is 0 Å². The van der Waals surface area contributed by atoms with Gasteiger partial charge in [-0.05, 0) is 31.2 Å². The molecule has 1 aromatic heterocycles. The van der Waals surface area contributed by atoms with Crippen molar-refractivity contribution in [3.8, 4) is 0 Å². The zero-order chi connectivity index (χ0) is 15.4. The van der Waals surface area contributed by atoms with Crippen LogP contribution in [-0.4, -0.2) is 53.9 Å². The van der Waals surface area contributed by atoms with Gasteiger partial charge in [0.05, 0.1) is 11.7 Å². The highest BCUT2D eigenvalue weighted by atomic mass is 16.5. The van der Waals surface area contributed by atoms with Crippen molar-refractivity contribution >= 4 is 5.91 Å². The third kappa shape index (κ3) is 3.67. The van der Waals surface area contributed by atoms with Gasteiger partial charge < -0.3 is 10.1 Å². The summed E-state index contributed by atoms with van der Waals surface area (Å²) in [4.78, 5) is 14.0. The van der Waals surface area contributed by atoms with E-state index in [1.807, 2.05) is 6.20 Å². The number of carbonyl (C=O) groups excluding carboxylic acids is 1. The summed E-state index contributed by atoms with van der Waals surface area (Å²) in [6, 6.07) is 2.46. The molecular formula is C16H26N4O2. The lowest BCUT2D eigenvalue weighted by Gasteiger charge is -2.38. The van der Waals surface area contributed by atoms with Crippen LogP contribution in [0.4, 0.5) is 0 Å². The maximum Gasteiger partial charge on any atom is 0.245 e. The fraction of sp³-hybridized carbons (Fsp3) is 0.750. The molecule has 3 rings (SSSR count). The van der Waals surface area contributed by atoms with Gasteiger partial charge in [-0.25, -0.2) is 0 Å². The Balaban J connectivity index is 1.53. The summed E-state index contributed by atoms with van der Waals surface area (Å²) in [6.45, 7) is 4.04. The first kappa shape index (κ1) is 15.5. The van der Waals surface area contributed by atoms with E-state index in [4.69, 9.17) is 4.74 Å².